The first-order chi connectivity index (χ1) is 17.5. The van der Waals surface area contributed by atoms with Crippen LogP contribution >= 0.6 is 11.6 Å². The molecule has 0 spiro atoms. The van der Waals surface area contributed by atoms with Crippen molar-refractivity contribution >= 4 is 29.2 Å². The number of benzene rings is 3. The Morgan fingerprint density at radius 3 is 2.44 bits per heavy atom. The van der Waals surface area contributed by atoms with Gasteiger partial charge < -0.3 is 20.3 Å². The van der Waals surface area contributed by atoms with Crippen LogP contribution in [0.4, 0.5) is 0 Å². The molecule has 0 aliphatic carbocycles. The molecule has 1 unspecified atom stereocenters. The van der Waals surface area contributed by atoms with E-state index < -0.39 is 5.91 Å². The van der Waals surface area contributed by atoms with E-state index in [-0.39, 0.29) is 25.1 Å². The van der Waals surface area contributed by atoms with Gasteiger partial charge in [0.1, 0.15) is 12.4 Å². The summed E-state index contributed by atoms with van der Waals surface area (Å²) in [7, 11) is 0. The summed E-state index contributed by atoms with van der Waals surface area (Å²) in [4.78, 5) is 16.8. The first kappa shape index (κ1) is 25.4. The van der Waals surface area contributed by atoms with E-state index in [9.17, 15) is 4.79 Å². The van der Waals surface area contributed by atoms with Crippen LogP contribution in [0.1, 0.15) is 27.4 Å². The van der Waals surface area contributed by atoms with Crippen molar-refractivity contribution in [3.8, 4) is 5.75 Å². The summed E-state index contributed by atoms with van der Waals surface area (Å²) < 4.78 is 10.7. The highest BCUT2D eigenvalue weighted by molar-refractivity contribution is 6.30. The van der Waals surface area contributed by atoms with Crippen LogP contribution in [0.15, 0.2) is 89.0 Å². The number of ether oxygens (including phenoxy) is 2. The number of aliphatic hydroxyl groups excluding tert-OH is 1. The number of carbonyl (C=O) groups excluding carboxylic acids is 1. The van der Waals surface area contributed by atoms with Gasteiger partial charge in [-0.15, -0.1) is 0 Å². The molecular formula is C27H27ClN4O4. The van der Waals surface area contributed by atoms with Gasteiger partial charge in [0.2, 0.25) is 5.96 Å². The third kappa shape index (κ3) is 6.48. The minimum absolute atomic E-state index is 0.0197. The number of carbonyl (C=O) groups is 1. The Balaban J connectivity index is 1.47. The lowest BCUT2D eigenvalue weighted by molar-refractivity contribution is 0.0705. The molecule has 0 saturated carbocycles. The Morgan fingerprint density at radius 2 is 1.75 bits per heavy atom. The topological polar surface area (TPSA) is 110 Å². The van der Waals surface area contributed by atoms with Gasteiger partial charge in [-0.1, -0.05) is 54.1 Å². The zero-order valence-electron chi connectivity index (χ0n) is 19.6. The standard InChI is InChI=1S/C27H27ClN4O4/c28-22-10-6-20(7-11-22)25-24(19-4-2-1-3-5-19)18-32(31-25)27(29)30-26(34)21-8-12-23(13-9-21)36-17-16-35-15-14-33/h1-13,24,33H,14-18H2,(H2,29,30,34). The van der Waals surface area contributed by atoms with Gasteiger partial charge in [-0.3, -0.25) is 4.79 Å². The Hall–Kier alpha value is -3.72. The molecule has 0 saturated heterocycles. The fraction of sp³-hybridized carbons (Fsp3) is 0.222. The number of nitrogens with two attached hydrogens (primary N) is 1. The summed E-state index contributed by atoms with van der Waals surface area (Å²) in [6.45, 7) is 1.39. The Labute approximate surface area is 214 Å². The second kappa shape index (κ2) is 12.3. The zero-order chi connectivity index (χ0) is 25.3. The van der Waals surface area contributed by atoms with E-state index in [2.05, 4.69) is 4.99 Å². The number of halogens is 1. The molecule has 186 valence electrons. The van der Waals surface area contributed by atoms with Gasteiger partial charge in [-0.2, -0.15) is 10.1 Å². The van der Waals surface area contributed by atoms with E-state index in [4.69, 9.17) is 37.0 Å². The molecule has 3 aromatic rings. The molecule has 0 bridgehead atoms. The number of hydrogen-bond acceptors (Lipinski definition) is 5. The smallest absolute Gasteiger partial charge is 0.280 e. The Kier molecular flexibility index (Phi) is 8.67. The van der Waals surface area contributed by atoms with Gasteiger partial charge >= 0.3 is 0 Å². The van der Waals surface area contributed by atoms with Crippen LogP contribution in [0, 0.1) is 0 Å². The van der Waals surface area contributed by atoms with Crippen LogP contribution in [0.3, 0.4) is 0 Å². The average molecular weight is 507 g/mol. The number of nitrogens with zero attached hydrogens (tertiary/aromatic N) is 3. The average Bonchev–Trinajstić information content (AvgIpc) is 3.36. The Morgan fingerprint density at radius 1 is 1.03 bits per heavy atom. The summed E-state index contributed by atoms with van der Waals surface area (Å²) in [5.41, 5.74) is 9.44. The second-order valence-corrected chi connectivity index (χ2v) is 8.46. The molecule has 0 aromatic heterocycles. The maximum Gasteiger partial charge on any atom is 0.280 e. The summed E-state index contributed by atoms with van der Waals surface area (Å²) in [6, 6.07) is 24.1. The quantitative estimate of drug-likeness (QED) is 0.260. The highest BCUT2D eigenvalue weighted by Crippen LogP contribution is 2.29. The lowest BCUT2D eigenvalue weighted by Gasteiger charge is -2.15. The SMILES string of the molecule is NC(=NC(=O)c1ccc(OCCOCCO)cc1)N1CC(c2ccccc2)C(c2ccc(Cl)cc2)=N1. The number of amides is 1. The molecule has 1 aliphatic rings. The zero-order valence-corrected chi connectivity index (χ0v) is 20.3. The number of aliphatic imine (C=N–C) groups is 1. The first-order valence-corrected chi connectivity index (χ1v) is 11.9. The van der Waals surface area contributed by atoms with E-state index >= 15 is 0 Å². The monoisotopic (exact) mass is 506 g/mol. The maximum absolute atomic E-state index is 12.8. The molecule has 3 aromatic carbocycles. The summed E-state index contributed by atoms with van der Waals surface area (Å²) in [6.07, 6.45) is 0. The van der Waals surface area contributed by atoms with Gasteiger partial charge in [0, 0.05) is 16.5 Å². The van der Waals surface area contributed by atoms with Crippen molar-refractivity contribution in [2.75, 3.05) is 33.0 Å². The van der Waals surface area contributed by atoms with Gasteiger partial charge in [0.25, 0.3) is 5.91 Å². The molecule has 36 heavy (non-hydrogen) atoms. The van der Waals surface area contributed by atoms with Crippen molar-refractivity contribution in [3.05, 3.63) is 101 Å². The summed E-state index contributed by atoms with van der Waals surface area (Å²) in [5, 5.41) is 15.6. The maximum atomic E-state index is 12.8. The molecule has 4 rings (SSSR count). The minimum atomic E-state index is -0.475. The third-order valence-electron chi connectivity index (χ3n) is 5.57. The van der Waals surface area contributed by atoms with Crippen molar-refractivity contribution in [1.29, 1.82) is 0 Å². The fourth-order valence-corrected chi connectivity index (χ4v) is 3.90. The Bertz CT molecular complexity index is 1210. The molecule has 0 fully saturated rings. The number of hydrogen-bond donors (Lipinski definition) is 2. The van der Waals surface area contributed by atoms with Crippen LogP contribution in [0.2, 0.25) is 5.02 Å². The molecular weight excluding hydrogens is 480 g/mol. The van der Waals surface area contributed by atoms with Gasteiger partial charge in [-0.25, -0.2) is 5.01 Å². The number of rotatable bonds is 9. The van der Waals surface area contributed by atoms with Crippen LogP contribution < -0.4 is 10.5 Å². The van der Waals surface area contributed by atoms with Crippen molar-refractivity contribution in [2.45, 2.75) is 5.92 Å². The number of hydrazone groups is 1. The molecule has 9 heteroatoms. The van der Waals surface area contributed by atoms with Gasteiger partial charge in [-0.05, 0) is 47.5 Å². The molecule has 1 heterocycles. The number of guanidine groups is 1. The second-order valence-electron chi connectivity index (χ2n) is 8.02. The van der Waals surface area contributed by atoms with Crippen molar-refractivity contribution in [1.82, 2.24) is 5.01 Å². The van der Waals surface area contributed by atoms with E-state index in [0.717, 1.165) is 16.8 Å². The minimum Gasteiger partial charge on any atom is -0.491 e. The van der Waals surface area contributed by atoms with Gasteiger partial charge in [0.15, 0.2) is 0 Å². The molecule has 1 atom stereocenters. The first-order valence-electron chi connectivity index (χ1n) is 11.5. The highest BCUT2D eigenvalue weighted by atomic mass is 35.5. The highest BCUT2D eigenvalue weighted by Gasteiger charge is 2.31. The van der Waals surface area contributed by atoms with Crippen molar-refractivity contribution < 1.29 is 19.4 Å². The largest absolute Gasteiger partial charge is 0.491 e. The van der Waals surface area contributed by atoms with Crippen LogP contribution in [-0.4, -0.2) is 60.7 Å². The fourth-order valence-electron chi connectivity index (χ4n) is 3.78. The molecule has 1 amide bonds. The van der Waals surface area contributed by atoms with E-state index in [1.807, 2.05) is 54.6 Å². The summed E-state index contributed by atoms with van der Waals surface area (Å²) >= 11 is 6.07. The predicted octanol–water partition coefficient (Wildman–Crippen LogP) is 3.69. The van der Waals surface area contributed by atoms with E-state index in [1.54, 1.807) is 29.3 Å². The lowest BCUT2D eigenvalue weighted by atomic mass is 9.91. The molecule has 1 aliphatic heterocycles. The third-order valence-corrected chi connectivity index (χ3v) is 5.82. The molecule has 0 radical (unpaired) electrons. The normalized spacial score (nSPS) is 15.6. The van der Waals surface area contributed by atoms with Gasteiger partial charge in [0.05, 0.1) is 32.1 Å². The van der Waals surface area contributed by atoms with Crippen LogP contribution in [0.25, 0.3) is 0 Å². The predicted molar refractivity (Wildman–Crippen MR) is 140 cm³/mol. The van der Waals surface area contributed by atoms with E-state index in [1.165, 1.54) is 0 Å². The molecule has 3 N–H and O–H groups in total. The summed E-state index contributed by atoms with van der Waals surface area (Å²) in [5.74, 6) is 0.0931. The molecule has 8 nitrogen and oxygen atoms in total. The van der Waals surface area contributed by atoms with Crippen molar-refractivity contribution in [3.63, 3.8) is 0 Å². The van der Waals surface area contributed by atoms with Crippen molar-refractivity contribution in [2.24, 2.45) is 15.8 Å². The number of aliphatic hydroxyl groups is 1. The van der Waals surface area contributed by atoms with Crippen LogP contribution in [0.5, 0.6) is 5.75 Å². The van der Waals surface area contributed by atoms with E-state index in [0.29, 0.717) is 36.1 Å². The lowest BCUT2D eigenvalue weighted by Crippen LogP contribution is -2.33. The van der Waals surface area contributed by atoms with Crippen LogP contribution in [-0.2, 0) is 4.74 Å².